The molecule has 2 heterocycles. The summed E-state index contributed by atoms with van der Waals surface area (Å²) in [5.41, 5.74) is 9.90. The molecule has 0 aliphatic rings. The van der Waals surface area contributed by atoms with Gasteiger partial charge in [0.2, 0.25) is 0 Å². The summed E-state index contributed by atoms with van der Waals surface area (Å²) in [5, 5.41) is 5.42. The molecule has 0 spiro atoms. The van der Waals surface area contributed by atoms with Crippen LogP contribution in [0.2, 0.25) is 0 Å². The lowest BCUT2D eigenvalue weighted by molar-refractivity contribution is 0.899. The van der Waals surface area contributed by atoms with Crippen molar-refractivity contribution in [3.05, 3.63) is 47.7 Å². The Morgan fingerprint density at radius 1 is 1.11 bits per heavy atom. The predicted molar refractivity (Wildman–Crippen MR) is 72.8 cm³/mol. The summed E-state index contributed by atoms with van der Waals surface area (Å²) in [4.78, 5) is 4.43. The van der Waals surface area contributed by atoms with E-state index in [9.17, 15) is 0 Å². The first kappa shape index (κ1) is 10.8. The molecule has 2 N–H and O–H groups in total. The van der Waals surface area contributed by atoms with E-state index in [0.717, 1.165) is 22.3 Å². The summed E-state index contributed by atoms with van der Waals surface area (Å²) in [5.74, 6) is 0.640. The van der Waals surface area contributed by atoms with Crippen LogP contribution in [0.25, 0.3) is 16.7 Å². The minimum atomic E-state index is 0.640. The molecule has 0 unspecified atom stereocenters. The molecule has 18 heavy (non-hydrogen) atoms. The van der Waals surface area contributed by atoms with Gasteiger partial charge in [-0.25, -0.2) is 9.67 Å². The van der Waals surface area contributed by atoms with Crippen LogP contribution in [0.1, 0.15) is 11.3 Å². The molecule has 0 saturated heterocycles. The fourth-order valence-corrected chi connectivity index (χ4v) is 2.23. The van der Waals surface area contributed by atoms with E-state index in [0.29, 0.717) is 11.5 Å². The van der Waals surface area contributed by atoms with Crippen molar-refractivity contribution < 1.29 is 0 Å². The second-order valence-electron chi connectivity index (χ2n) is 4.41. The number of aryl methyl sites for hydroxylation is 2. The van der Waals surface area contributed by atoms with Gasteiger partial charge in [0, 0.05) is 5.69 Å². The normalized spacial score (nSPS) is 11.0. The molecular weight excluding hydrogens is 224 g/mol. The number of nitrogen functional groups attached to an aromatic ring is 1. The molecule has 2 aromatic heterocycles. The van der Waals surface area contributed by atoms with Gasteiger partial charge in [-0.3, -0.25) is 0 Å². The summed E-state index contributed by atoms with van der Waals surface area (Å²) in [7, 11) is 0. The summed E-state index contributed by atoms with van der Waals surface area (Å²) < 4.78 is 1.74. The average molecular weight is 238 g/mol. The maximum atomic E-state index is 6.18. The van der Waals surface area contributed by atoms with Crippen molar-refractivity contribution >= 4 is 16.9 Å². The van der Waals surface area contributed by atoms with E-state index in [1.165, 1.54) is 0 Å². The number of nitrogens with two attached hydrogens (primary N) is 1. The van der Waals surface area contributed by atoms with E-state index >= 15 is 0 Å². The van der Waals surface area contributed by atoms with E-state index in [4.69, 9.17) is 5.73 Å². The second-order valence-corrected chi connectivity index (χ2v) is 4.41. The molecule has 90 valence electrons. The van der Waals surface area contributed by atoms with Gasteiger partial charge in [0.15, 0.2) is 5.65 Å². The number of benzene rings is 1. The average Bonchev–Trinajstić information content (AvgIpc) is 2.67. The molecule has 0 atom stereocenters. The van der Waals surface area contributed by atoms with Crippen LogP contribution < -0.4 is 5.73 Å². The maximum absolute atomic E-state index is 6.18. The van der Waals surface area contributed by atoms with Crippen molar-refractivity contribution in [2.75, 3.05) is 5.73 Å². The number of para-hydroxylation sites is 1. The zero-order chi connectivity index (χ0) is 12.7. The van der Waals surface area contributed by atoms with Gasteiger partial charge in [-0.2, -0.15) is 0 Å². The standard InChI is InChI=1S/C14H14N4/c1-9-8-10(2)16-14-12(9)13(15)18(17-14)11-6-4-3-5-7-11/h3-8H,15H2,1-2H3. The molecule has 4 nitrogen and oxygen atoms in total. The van der Waals surface area contributed by atoms with Crippen molar-refractivity contribution in [3.63, 3.8) is 0 Å². The minimum absolute atomic E-state index is 0.640. The molecular formula is C14H14N4. The minimum Gasteiger partial charge on any atom is -0.383 e. The number of hydrogen-bond donors (Lipinski definition) is 1. The van der Waals surface area contributed by atoms with Crippen LogP contribution in [0.15, 0.2) is 36.4 Å². The molecule has 0 fully saturated rings. The molecule has 3 rings (SSSR count). The first-order valence-electron chi connectivity index (χ1n) is 5.84. The smallest absolute Gasteiger partial charge is 0.184 e. The van der Waals surface area contributed by atoms with Gasteiger partial charge in [-0.15, -0.1) is 5.10 Å². The third-order valence-corrected chi connectivity index (χ3v) is 3.01. The third kappa shape index (κ3) is 1.54. The highest BCUT2D eigenvalue weighted by molar-refractivity contribution is 5.90. The van der Waals surface area contributed by atoms with Gasteiger partial charge in [0.1, 0.15) is 5.82 Å². The lowest BCUT2D eigenvalue weighted by Gasteiger charge is -2.02. The Morgan fingerprint density at radius 2 is 1.83 bits per heavy atom. The monoisotopic (exact) mass is 238 g/mol. The van der Waals surface area contributed by atoms with E-state index in [-0.39, 0.29) is 0 Å². The van der Waals surface area contributed by atoms with Gasteiger partial charge in [0.05, 0.1) is 11.1 Å². The van der Waals surface area contributed by atoms with E-state index in [1.807, 2.05) is 50.2 Å². The fraction of sp³-hybridized carbons (Fsp3) is 0.143. The Labute approximate surface area is 105 Å². The van der Waals surface area contributed by atoms with Crippen molar-refractivity contribution in [1.82, 2.24) is 14.8 Å². The Hall–Kier alpha value is -2.36. The zero-order valence-corrected chi connectivity index (χ0v) is 10.4. The second kappa shape index (κ2) is 3.84. The fourth-order valence-electron chi connectivity index (χ4n) is 2.23. The first-order chi connectivity index (χ1) is 8.66. The van der Waals surface area contributed by atoms with Crippen molar-refractivity contribution in [3.8, 4) is 5.69 Å². The molecule has 0 saturated carbocycles. The zero-order valence-electron chi connectivity index (χ0n) is 10.4. The van der Waals surface area contributed by atoms with Gasteiger partial charge >= 0.3 is 0 Å². The van der Waals surface area contributed by atoms with Crippen LogP contribution in [0.3, 0.4) is 0 Å². The van der Waals surface area contributed by atoms with Gasteiger partial charge in [-0.1, -0.05) is 18.2 Å². The first-order valence-corrected chi connectivity index (χ1v) is 5.84. The number of anilines is 1. The van der Waals surface area contributed by atoms with Crippen molar-refractivity contribution in [2.24, 2.45) is 0 Å². The molecule has 4 heteroatoms. The molecule has 1 aromatic carbocycles. The van der Waals surface area contributed by atoms with Crippen LogP contribution in [-0.4, -0.2) is 14.8 Å². The molecule has 0 bridgehead atoms. The van der Waals surface area contributed by atoms with E-state index in [2.05, 4.69) is 10.1 Å². The number of nitrogens with zero attached hydrogens (tertiary/aromatic N) is 3. The predicted octanol–water partition coefficient (Wildman–Crippen LogP) is 2.62. The quantitative estimate of drug-likeness (QED) is 0.709. The van der Waals surface area contributed by atoms with Crippen LogP contribution in [-0.2, 0) is 0 Å². The molecule has 3 aromatic rings. The highest BCUT2D eigenvalue weighted by Gasteiger charge is 2.13. The highest BCUT2D eigenvalue weighted by Crippen LogP contribution is 2.26. The molecule has 0 aliphatic carbocycles. The molecule has 0 radical (unpaired) electrons. The van der Waals surface area contributed by atoms with Gasteiger partial charge in [0.25, 0.3) is 0 Å². The van der Waals surface area contributed by atoms with Crippen molar-refractivity contribution in [2.45, 2.75) is 13.8 Å². The highest BCUT2D eigenvalue weighted by atomic mass is 15.3. The number of aromatic nitrogens is 3. The SMILES string of the molecule is Cc1cc(C)c2c(N)n(-c3ccccc3)nc2n1. The summed E-state index contributed by atoms with van der Waals surface area (Å²) >= 11 is 0. The molecule has 0 aliphatic heterocycles. The topological polar surface area (TPSA) is 56.7 Å². The van der Waals surface area contributed by atoms with Gasteiger partial charge in [-0.05, 0) is 37.6 Å². The third-order valence-electron chi connectivity index (χ3n) is 3.01. The Kier molecular flexibility index (Phi) is 2.30. The number of rotatable bonds is 1. The van der Waals surface area contributed by atoms with Crippen LogP contribution in [0, 0.1) is 13.8 Å². The summed E-state index contributed by atoms with van der Waals surface area (Å²) in [6.45, 7) is 3.99. The Bertz CT molecular complexity index is 713. The van der Waals surface area contributed by atoms with E-state index < -0.39 is 0 Å². The number of pyridine rings is 1. The lowest BCUT2D eigenvalue weighted by Crippen LogP contribution is -2.01. The van der Waals surface area contributed by atoms with Crippen LogP contribution in [0.5, 0.6) is 0 Å². The Balaban J connectivity index is 2.33. The summed E-state index contributed by atoms with van der Waals surface area (Å²) in [6, 6.07) is 11.9. The Morgan fingerprint density at radius 3 is 2.56 bits per heavy atom. The van der Waals surface area contributed by atoms with Crippen LogP contribution in [0.4, 0.5) is 5.82 Å². The van der Waals surface area contributed by atoms with E-state index in [1.54, 1.807) is 4.68 Å². The largest absolute Gasteiger partial charge is 0.383 e. The lowest BCUT2D eigenvalue weighted by atomic mass is 10.2. The number of hydrogen-bond acceptors (Lipinski definition) is 3. The van der Waals surface area contributed by atoms with Crippen LogP contribution >= 0.6 is 0 Å². The van der Waals surface area contributed by atoms with Gasteiger partial charge < -0.3 is 5.73 Å². The van der Waals surface area contributed by atoms with Crippen molar-refractivity contribution in [1.29, 1.82) is 0 Å². The number of fused-ring (bicyclic) bond motifs is 1. The maximum Gasteiger partial charge on any atom is 0.184 e. The molecule has 0 amide bonds. The summed E-state index contributed by atoms with van der Waals surface area (Å²) in [6.07, 6.45) is 0.